The van der Waals surface area contributed by atoms with Gasteiger partial charge >= 0.3 is 0 Å². The summed E-state index contributed by atoms with van der Waals surface area (Å²) in [6.45, 7) is 3.09. The predicted molar refractivity (Wildman–Crippen MR) is 134 cm³/mol. The molecule has 0 atom stereocenters. The second-order valence-electron chi connectivity index (χ2n) is 8.56. The molecule has 1 aromatic heterocycles. The number of pyridine rings is 1. The number of carbonyl (C=O) groups is 2. The first-order valence-corrected chi connectivity index (χ1v) is 12.9. The fourth-order valence-electron chi connectivity index (χ4n) is 4.14. The third-order valence-electron chi connectivity index (χ3n) is 6.20. The fraction of sp³-hybridized carbons (Fsp3) is 0.269. The lowest BCUT2D eigenvalue weighted by Crippen LogP contribution is -2.41. The first kappa shape index (κ1) is 24.6. The summed E-state index contributed by atoms with van der Waals surface area (Å²) in [5.41, 5.74) is 2.08. The highest BCUT2D eigenvalue weighted by Gasteiger charge is 2.29. The number of nitrogens with one attached hydrogen (secondary N) is 2. The summed E-state index contributed by atoms with van der Waals surface area (Å²) in [5, 5.41) is 5.82. The van der Waals surface area contributed by atoms with E-state index in [4.69, 9.17) is 0 Å². The molecule has 2 N–H and O–H groups in total. The van der Waals surface area contributed by atoms with Crippen LogP contribution in [0.2, 0.25) is 0 Å². The molecule has 0 unspecified atom stereocenters. The van der Waals surface area contributed by atoms with Crippen molar-refractivity contribution in [1.82, 2.24) is 14.6 Å². The van der Waals surface area contributed by atoms with Gasteiger partial charge in [-0.25, -0.2) is 8.42 Å². The number of piperidine rings is 1. The van der Waals surface area contributed by atoms with E-state index in [1.807, 2.05) is 13.0 Å². The van der Waals surface area contributed by atoms with Crippen molar-refractivity contribution in [2.75, 3.05) is 25.0 Å². The molecule has 0 radical (unpaired) electrons. The number of para-hydroxylation sites is 1. The summed E-state index contributed by atoms with van der Waals surface area (Å²) in [6.07, 6.45) is 4.39. The van der Waals surface area contributed by atoms with Crippen LogP contribution in [0.25, 0.3) is 0 Å². The Morgan fingerprint density at radius 1 is 0.943 bits per heavy atom. The van der Waals surface area contributed by atoms with Gasteiger partial charge in [-0.05, 0) is 61.6 Å². The van der Waals surface area contributed by atoms with E-state index in [1.165, 1.54) is 16.7 Å². The van der Waals surface area contributed by atoms with E-state index in [1.54, 1.807) is 54.6 Å². The van der Waals surface area contributed by atoms with Gasteiger partial charge < -0.3 is 10.6 Å². The maximum Gasteiger partial charge on any atom is 0.255 e. The molecule has 4 rings (SSSR count). The van der Waals surface area contributed by atoms with Crippen LogP contribution in [0.4, 0.5) is 5.69 Å². The van der Waals surface area contributed by atoms with Gasteiger partial charge in [-0.1, -0.05) is 30.3 Å². The monoisotopic (exact) mass is 492 g/mol. The molecule has 3 aromatic rings. The Bertz CT molecular complexity index is 1290. The minimum absolute atomic E-state index is 0.167. The van der Waals surface area contributed by atoms with Crippen LogP contribution in [0, 0.1) is 12.8 Å². The van der Waals surface area contributed by atoms with Crippen LogP contribution in [0.3, 0.4) is 0 Å². The molecular weight excluding hydrogens is 464 g/mol. The maximum absolute atomic E-state index is 13.0. The van der Waals surface area contributed by atoms with Gasteiger partial charge in [0.05, 0.1) is 16.1 Å². The second-order valence-corrected chi connectivity index (χ2v) is 10.5. The number of aromatic nitrogens is 1. The molecule has 0 saturated carbocycles. The van der Waals surface area contributed by atoms with Crippen molar-refractivity contribution in [3.63, 3.8) is 0 Å². The van der Waals surface area contributed by atoms with Crippen LogP contribution in [0.5, 0.6) is 0 Å². The number of amides is 2. The number of sulfonamides is 1. The summed E-state index contributed by atoms with van der Waals surface area (Å²) < 4.78 is 27.2. The number of nitrogens with zero attached hydrogens (tertiary/aromatic N) is 2. The van der Waals surface area contributed by atoms with E-state index < -0.39 is 10.0 Å². The molecule has 2 aromatic carbocycles. The quantitative estimate of drug-likeness (QED) is 0.525. The molecule has 0 aliphatic carbocycles. The number of hydrogen-bond acceptors (Lipinski definition) is 5. The summed E-state index contributed by atoms with van der Waals surface area (Å²) in [5.74, 6) is -0.429. The van der Waals surface area contributed by atoms with Gasteiger partial charge in [0, 0.05) is 37.6 Å². The van der Waals surface area contributed by atoms with Crippen LogP contribution in [-0.2, 0) is 10.0 Å². The van der Waals surface area contributed by atoms with E-state index in [-0.39, 0.29) is 17.7 Å². The van der Waals surface area contributed by atoms with E-state index in [9.17, 15) is 18.0 Å². The molecular formula is C26H28N4O4S. The minimum atomic E-state index is -3.50. The molecule has 1 aliphatic rings. The fourth-order valence-corrected chi connectivity index (χ4v) is 5.63. The first-order valence-electron chi connectivity index (χ1n) is 11.5. The molecule has 182 valence electrons. The van der Waals surface area contributed by atoms with Crippen molar-refractivity contribution >= 4 is 27.5 Å². The molecule has 0 bridgehead atoms. The smallest absolute Gasteiger partial charge is 0.255 e. The molecule has 35 heavy (non-hydrogen) atoms. The van der Waals surface area contributed by atoms with Crippen LogP contribution in [-0.4, -0.2) is 49.2 Å². The number of hydrogen-bond donors (Lipinski definition) is 2. The lowest BCUT2D eigenvalue weighted by atomic mass is 9.98. The van der Waals surface area contributed by atoms with E-state index in [0.717, 1.165) is 5.56 Å². The highest BCUT2D eigenvalue weighted by atomic mass is 32.2. The van der Waals surface area contributed by atoms with Gasteiger partial charge in [-0.3, -0.25) is 14.6 Å². The van der Waals surface area contributed by atoms with Crippen molar-refractivity contribution in [3.05, 3.63) is 89.7 Å². The molecule has 1 saturated heterocycles. The number of carbonyl (C=O) groups excluding carboxylic acids is 2. The molecule has 2 heterocycles. The Balaban J connectivity index is 1.36. The number of anilines is 1. The highest BCUT2D eigenvalue weighted by Crippen LogP contribution is 2.25. The summed E-state index contributed by atoms with van der Waals surface area (Å²) in [4.78, 5) is 29.9. The average molecular weight is 493 g/mol. The molecule has 2 amide bonds. The molecule has 0 spiro atoms. The van der Waals surface area contributed by atoms with Crippen molar-refractivity contribution in [2.45, 2.75) is 24.7 Å². The van der Waals surface area contributed by atoms with Crippen LogP contribution < -0.4 is 10.6 Å². The van der Waals surface area contributed by atoms with Gasteiger partial charge in [-0.15, -0.1) is 0 Å². The zero-order valence-electron chi connectivity index (χ0n) is 19.5. The van der Waals surface area contributed by atoms with E-state index in [2.05, 4.69) is 15.6 Å². The summed E-state index contributed by atoms with van der Waals surface area (Å²) in [6, 6.07) is 16.9. The van der Waals surface area contributed by atoms with Crippen molar-refractivity contribution in [3.8, 4) is 0 Å². The predicted octanol–water partition coefficient (Wildman–Crippen LogP) is 3.47. The number of aryl methyl sites for hydroxylation is 1. The van der Waals surface area contributed by atoms with Crippen molar-refractivity contribution in [2.24, 2.45) is 5.92 Å². The summed E-state index contributed by atoms with van der Waals surface area (Å²) >= 11 is 0. The normalized spacial score (nSPS) is 14.9. The molecule has 1 fully saturated rings. The van der Waals surface area contributed by atoms with Crippen LogP contribution >= 0.6 is 0 Å². The molecule has 8 nitrogen and oxygen atoms in total. The van der Waals surface area contributed by atoms with Crippen molar-refractivity contribution in [1.29, 1.82) is 0 Å². The Hall–Kier alpha value is -3.56. The zero-order valence-corrected chi connectivity index (χ0v) is 20.3. The topological polar surface area (TPSA) is 108 Å². The Labute approximate surface area is 205 Å². The third kappa shape index (κ3) is 5.75. The van der Waals surface area contributed by atoms with Gasteiger partial charge in [0.15, 0.2) is 0 Å². The Morgan fingerprint density at radius 2 is 1.63 bits per heavy atom. The average Bonchev–Trinajstić information content (AvgIpc) is 2.89. The van der Waals surface area contributed by atoms with Crippen LogP contribution in [0.15, 0.2) is 78.0 Å². The van der Waals surface area contributed by atoms with Gasteiger partial charge in [-0.2, -0.15) is 4.31 Å². The summed E-state index contributed by atoms with van der Waals surface area (Å²) in [7, 11) is -3.50. The van der Waals surface area contributed by atoms with Gasteiger partial charge in [0.1, 0.15) is 0 Å². The standard InChI is InChI=1S/C26H28N4O4S/c1-19-6-5-9-23(24(19)29-25(31)21-10-14-27-15-11-21)26(32)28-18-20-12-16-30(17-13-20)35(33,34)22-7-3-2-4-8-22/h2-11,14-15,20H,12-13,16-18H2,1H3,(H,28,32)(H,29,31). The second kappa shape index (κ2) is 10.8. The largest absolute Gasteiger partial charge is 0.352 e. The zero-order chi connectivity index (χ0) is 24.8. The molecule has 1 aliphatic heterocycles. The SMILES string of the molecule is Cc1cccc(C(=O)NCC2CCN(S(=O)(=O)c3ccccc3)CC2)c1NC(=O)c1ccncc1. The number of benzene rings is 2. The molecule has 9 heteroatoms. The third-order valence-corrected chi connectivity index (χ3v) is 8.12. The first-order chi connectivity index (χ1) is 16.9. The van der Waals surface area contributed by atoms with Crippen LogP contribution in [0.1, 0.15) is 39.1 Å². The number of rotatable bonds is 7. The lowest BCUT2D eigenvalue weighted by Gasteiger charge is -2.31. The Morgan fingerprint density at radius 3 is 2.31 bits per heavy atom. The van der Waals surface area contributed by atoms with Crippen molar-refractivity contribution < 1.29 is 18.0 Å². The van der Waals surface area contributed by atoms with Gasteiger partial charge in [0.25, 0.3) is 11.8 Å². The lowest BCUT2D eigenvalue weighted by molar-refractivity contribution is 0.0942. The highest BCUT2D eigenvalue weighted by molar-refractivity contribution is 7.89. The van der Waals surface area contributed by atoms with Gasteiger partial charge in [0.2, 0.25) is 10.0 Å². The maximum atomic E-state index is 13.0. The Kier molecular flexibility index (Phi) is 7.57. The minimum Gasteiger partial charge on any atom is -0.352 e. The van der Waals surface area contributed by atoms with E-state index in [0.29, 0.717) is 54.2 Å². The van der Waals surface area contributed by atoms with E-state index >= 15 is 0 Å².